The highest BCUT2D eigenvalue weighted by atomic mass is 32.2. The van der Waals surface area contributed by atoms with Crippen LogP contribution in [0.2, 0.25) is 0 Å². The van der Waals surface area contributed by atoms with Crippen LogP contribution in [0.25, 0.3) is 33.8 Å². The van der Waals surface area contributed by atoms with E-state index >= 15 is 0 Å². The predicted molar refractivity (Wildman–Crippen MR) is 213 cm³/mol. The molecule has 0 unspecified atom stereocenters. The Morgan fingerprint density at radius 1 is 1.04 bits per heavy atom. The molecule has 276 valence electrons. The molecule has 3 aliphatic rings. The van der Waals surface area contributed by atoms with Crippen LogP contribution in [0.4, 0.5) is 0 Å². The molecule has 9 nitrogen and oxygen atoms in total. The van der Waals surface area contributed by atoms with Crippen molar-refractivity contribution < 1.29 is 19.1 Å². The molecule has 4 aromatic rings. The van der Waals surface area contributed by atoms with E-state index < -0.39 is 0 Å². The van der Waals surface area contributed by atoms with E-state index in [1.165, 1.54) is 29.5 Å². The summed E-state index contributed by atoms with van der Waals surface area (Å²) in [5, 5.41) is 6.29. The first-order chi connectivity index (χ1) is 25.4. The average Bonchev–Trinajstić information content (AvgIpc) is 3.89. The van der Waals surface area contributed by atoms with E-state index in [9.17, 15) is 9.59 Å². The zero-order valence-corrected chi connectivity index (χ0v) is 32.0. The van der Waals surface area contributed by atoms with E-state index in [0.717, 1.165) is 72.2 Å². The van der Waals surface area contributed by atoms with Gasteiger partial charge in [-0.3, -0.25) is 19.0 Å². The van der Waals surface area contributed by atoms with Crippen LogP contribution in [0.5, 0.6) is 5.75 Å². The predicted octanol–water partition coefficient (Wildman–Crippen LogP) is 8.88. The monoisotopic (exact) mass is 723 g/mol. The number of benzene rings is 2. The highest BCUT2D eigenvalue weighted by Gasteiger charge is 2.31. The van der Waals surface area contributed by atoms with Gasteiger partial charge in [-0.05, 0) is 96.7 Å². The van der Waals surface area contributed by atoms with Gasteiger partial charge in [-0.15, -0.1) is 13.2 Å². The molecule has 2 aliphatic heterocycles. The first-order valence-corrected chi connectivity index (χ1v) is 19.7. The second-order valence-electron chi connectivity index (χ2n) is 13.9. The molecule has 2 fully saturated rings. The molecule has 2 aromatic carbocycles. The van der Waals surface area contributed by atoms with E-state index in [1.807, 2.05) is 28.8 Å². The highest BCUT2D eigenvalue weighted by Crippen LogP contribution is 2.47. The summed E-state index contributed by atoms with van der Waals surface area (Å²) in [7, 11) is 3.61. The van der Waals surface area contributed by atoms with Crippen LogP contribution in [-0.2, 0) is 18.3 Å². The van der Waals surface area contributed by atoms with Gasteiger partial charge in [-0.2, -0.15) is 5.10 Å². The van der Waals surface area contributed by atoms with Crippen molar-refractivity contribution in [3.8, 4) is 17.0 Å². The first-order valence-electron chi connectivity index (χ1n) is 18.8. The van der Waals surface area contributed by atoms with E-state index in [0.29, 0.717) is 55.1 Å². The zero-order valence-electron chi connectivity index (χ0n) is 31.2. The lowest BCUT2D eigenvalue weighted by atomic mass is 9.86. The molecule has 1 saturated heterocycles. The SMILES string of the molecule is C=C.CCCC(CCC)c1c2n(c3cc(C(=O)NSC4CCCC4)ccc13)CC(c1c(C(=O)N3CCOCC3)cnn1C)=Cc1cc(OC)ccc1-2. The summed E-state index contributed by atoms with van der Waals surface area (Å²) < 4.78 is 18.7. The Bertz CT molecular complexity index is 1930. The van der Waals surface area contributed by atoms with Crippen LogP contribution in [0.1, 0.15) is 109 Å². The van der Waals surface area contributed by atoms with Gasteiger partial charge in [-0.25, -0.2) is 0 Å². The molecule has 2 aromatic heterocycles. The van der Waals surface area contributed by atoms with Crippen LogP contribution < -0.4 is 9.46 Å². The zero-order chi connectivity index (χ0) is 36.8. The molecule has 10 heteroatoms. The number of morpholine rings is 1. The van der Waals surface area contributed by atoms with Crippen LogP contribution >= 0.6 is 11.9 Å². The van der Waals surface area contributed by atoms with Gasteiger partial charge in [-0.1, -0.05) is 45.6 Å². The second-order valence-corrected chi connectivity index (χ2v) is 15.0. The molecule has 0 atom stereocenters. The number of allylic oxidation sites excluding steroid dienone is 1. The molecule has 7 rings (SSSR count). The van der Waals surface area contributed by atoms with Gasteiger partial charge < -0.3 is 18.9 Å². The molecular weight excluding hydrogens is 671 g/mol. The number of carbonyl (C=O) groups is 2. The van der Waals surface area contributed by atoms with Gasteiger partial charge in [0.25, 0.3) is 11.8 Å². The minimum absolute atomic E-state index is 0.0321. The van der Waals surface area contributed by atoms with Gasteiger partial charge in [0, 0.05) is 47.4 Å². The van der Waals surface area contributed by atoms with Crippen molar-refractivity contribution in [3.63, 3.8) is 0 Å². The molecule has 0 bridgehead atoms. The number of nitrogens with zero attached hydrogens (tertiary/aromatic N) is 4. The molecule has 0 radical (unpaired) electrons. The Labute approximate surface area is 312 Å². The maximum Gasteiger partial charge on any atom is 0.261 e. The fourth-order valence-corrected chi connectivity index (χ4v) is 9.14. The smallest absolute Gasteiger partial charge is 0.261 e. The summed E-state index contributed by atoms with van der Waals surface area (Å²) >= 11 is 1.58. The molecule has 1 aliphatic carbocycles. The maximum atomic E-state index is 14.0. The Balaban J connectivity index is 0.00000228. The van der Waals surface area contributed by atoms with Crippen molar-refractivity contribution in [2.75, 3.05) is 33.4 Å². The van der Waals surface area contributed by atoms with Crippen molar-refractivity contribution in [2.24, 2.45) is 7.05 Å². The van der Waals surface area contributed by atoms with E-state index in [-0.39, 0.29) is 11.8 Å². The molecule has 4 heterocycles. The number of fused-ring (bicyclic) bond motifs is 5. The Morgan fingerprint density at radius 2 is 1.77 bits per heavy atom. The third-order valence-corrected chi connectivity index (χ3v) is 11.7. The fraction of sp³-hybridized carbons (Fsp3) is 0.452. The summed E-state index contributed by atoms with van der Waals surface area (Å²) in [5.41, 5.74) is 8.72. The minimum Gasteiger partial charge on any atom is -0.497 e. The lowest BCUT2D eigenvalue weighted by Gasteiger charge is -2.27. The Morgan fingerprint density at radius 3 is 2.46 bits per heavy atom. The van der Waals surface area contributed by atoms with Crippen molar-refractivity contribution in [2.45, 2.75) is 82.9 Å². The van der Waals surface area contributed by atoms with E-state index in [4.69, 9.17) is 9.47 Å². The summed E-state index contributed by atoms with van der Waals surface area (Å²) in [6.07, 6.45) is 13.0. The lowest BCUT2D eigenvalue weighted by molar-refractivity contribution is 0.0302. The van der Waals surface area contributed by atoms with Crippen molar-refractivity contribution in [3.05, 3.63) is 83.7 Å². The van der Waals surface area contributed by atoms with Crippen molar-refractivity contribution >= 4 is 46.3 Å². The fourth-order valence-electron chi connectivity index (χ4n) is 8.18. The average molecular weight is 724 g/mol. The van der Waals surface area contributed by atoms with Gasteiger partial charge in [0.05, 0.1) is 50.0 Å². The van der Waals surface area contributed by atoms with Crippen LogP contribution in [-0.4, -0.2) is 69.7 Å². The Kier molecular flexibility index (Phi) is 12.3. The molecule has 52 heavy (non-hydrogen) atoms. The quantitative estimate of drug-likeness (QED) is 0.123. The third kappa shape index (κ3) is 7.46. The number of nitrogens with one attached hydrogen (secondary N) is 1. The number of aryl methyl sites for hydroxylation is 1. The summed E-state index contributed by atoms with van der Waals surface area (Å²) in [4.78, 5) is 29.5. The van der Waals surface area contributed by atoms with Crippen LogP contribution in [0.15, 0.2) is 55.8 Å². The topological polar surface area (TPSA) is 90.6 Å². The molecule has 1 saturated carbocycles. The van der Waals surface area contributed by atoms with Crippen LogP contribution in [0, 0.1) is 0 Å². The molecule has 2 amide bonds. The number of rotatable bonds is 11. The Hall–Kier alpha value is -4.28. The lowest BCUT2D eigenvalue weighted by Crippen LogP contribution is -2.40. The second kappa shape index (κ2) is 17.0. The molecule has 0 spiro atoms. The van der Waals surface area contributed by atoms with E-state index in [2.05, 4.69) is 71.7 Å². The van der Waals surface area contributed by atoms with Gasteiger partial charge in [0.2, 0.25) is 0 Å². The molecular formula is C42H53N5O4S. The summed E-state index contributed by atoms with van der Waals surface area (Å²) in [6.45, 7) is 13.2. The first kappa shape index (κ1) is 37.5. The number of amides is 2. The number of aromatic nitrogens is 3. The van der Waals surface area contributed by atoms with Crippen molar-refractivity contribution in [1.29, 1.82) is 0 Å². The largest absolute Gasteiger partial charge is 0.497 e. The molecule has 1 N–H and O–H groups in total. The highest BCUT2D eigenvalue weighted by molar-refractivity contribution is 7.98. The van der Waals surface area contributed by atoms with Gasteiger partial charge in [0.15, 0.2) is 0 Å². The van der Waals surface area contributed by atoms with Crippen LogP contribution in [0.3, 0.4) is 0 Å². The van der Waals surface area contributed by atoms with Gasteiger partial charge >= 0.3 is 0 Å². The van der Waals surface area contributed by atoms with Gasteiger partial charge in [0.1, 0.15) is 5.75 Å². The number of carbonyl (C=O) groups excluding carboxylic acids is 2. The number of ether oxygens (including phenoxy) is 2. The summed E-state index contributed by atoms with van der Waals surface area (Å²) in [5.74, 6) is 1.04. The normalized spacial score (nSPS) is 15.8. The number of methoxy groups -OCH3 is 1. The van der Waals surface area contributed by atoms with Crippen molar-refractivity contribution in [1.82, 2.24) is 24.0 Å². The maximum absolute atomic E-state index is 14.0. The number of hydrogen-bond acceptors (Lipinski definition) is 6. The van der Waals surface area contributed by atoms with E-state index in [1.54, 1.807) is 25.3 Å². The standard InChI is InChI=1S/C40H49N5O4S.C2H4/c1-5-9-26(10-6-2)36-33-15-13-27(39(46)42-50-31-11-7-8-12-31)23-35(33)45-25-29(21-28-22-30(48-4)14-16-32(28)38(36)45)37-34(24-41-43(37)3)40(47)44-17-19-49-20-18-44;1-2/h13-16,21-24,26,31H,5-12,17-20,25H2,1-4H3,(H,42,46);1-2H2. The third-order valence-electron chi connectivity index (χ3n) is 10.6. The summed E-state index contributed by atoms with van der Waals surface area (Å²) in [6, 6.07) is 12.6. The minimum atomic E-state index is -0.0564. The number of hydrogen-bond donors (Lipinski definition) is 1.